The van der Waals surface area contributed by atoms with Gasteiger partial charge in [-0.1, -0.05) is 0 Å². The minimum atomic E-state index is -4.19. The monoisotopic (exact) mass is 349 g/mol. The Balaban J connectivity index is 1.98. The second-order valence-corrected chi connectivity index (χ2v) is 6.56. The van der Waals surface area contributed by atoms with E-state index in [2.05, 4.69) is 10.5 Å². The number of nitrogens with one attached hydrogen (secondary N) is 1. The minimum Gasteiger partial charge on any atom is -0.748 e. The molecule has 1 heterocycles. The number of nitrogens with zero attached hydrogens (tertiary/aromatic N) is 2. The van der Waals surface area contributed by atoms with Gasteiger partial charge in [-0.15, -0.1) is 0 Å². The molecular weight excluding hydrogens is 330 g/mol. The van der Waals surface area contributed by atoms with Gasteiger partial charge in [0.2, 0.25) is 5.69 Å². The fourth-order valence-electron chi connectivity index (χ4n) is 2.06. The van der Waals surface area contributed by atoms with E-state index in [-0.39, 0.29) is 12.2 Å². The van der Waals surface area contributed by atoms with Crippen molar-refractivity contribution in [2.45, 2.75) is 13.0 Å². The van der Waals surface area contributed by atoms with E-state index in [4.69, 9.17) is 4.74 Å². The maximum atomic E-state index is 10.7. The first-order chi connectivity index (χ1) is 11.5. The van der Waals surface area contributed by atoms with E-state index in [0.29, 0.717) is 6.54 Å². The van der Waals surface area contributed by atoms with E-state index in [0.717, 1.165) is 17.1 Å². The largest absolute Gasteiger partial charge is 0.748 e. The normalized spacial score (nSPS) is 11.6. The van der Waals surface area contributed by atoms with Gasteiger partial charge in [-0.05, 0) is 30.3 Å². The molecule has 1 aromatic heterocycles. The Hall–Kier alpha value is -2.45. The SMILES string of the molecule is COc1ccc(NN=Cc2cccc[n+]2CCCS(=O)(=O)[O-])cc1. The Morgan fingerprint density at radius 2 is 2.00 bits per heavy atom. The molecule has 0 spiro atoms. The van der Waals surface area contributed by atoms with Crippen LogP contribution in [0.1, 0.15) is 12.1 Å². The fraction of sp³-hybridized carbons (Fsp3) is 0.250. The minimum absolute atomic E-state index is 0.257. The van der Waals surface area contributed by atoms with Crippen LogP contribution in [0.5, 0.6) is 5.75 Å². The molecule has 0 unspecified atom stereocenters. The first-order valence-electron chi connectivity index (χ1n) is 7.33. The van der Waals surface area contributed by atoms with E-state index < -0.39 is 10.1 Å². The molecule has 128 valence electrons. The summed E-state index contributed by atoms with van der Waals surface area (Å²) in [7, 11) is -2.58. The van der Waals surface area contributed by atoms with Gasteiger partial charge in [0.25, 0.3) is 0 Å². The molecule has 2 rings (SSSR count). The number of hydrogen-bond donors (Lipinski definition) is 1. The number of hydrazone groups is 1. The molecule has 0 aliphatic rings. The van der Waals surface area contributed by atoms with Crippen LogP contribution in [-0.2, 0) is 16.7 Å². The van der Waals surface area contributed by atoms with Crippen LogP contribution in [0.4, 0.5) is 5.69 Å². The van der Waals surface area contributed by atoms with Gasteiger partial charge in [0, 0.05) is 24.3 Å². The van der Waals surface area contributed by atoms with Gasteiger partial charge < -0.3 is 9.29 Å². The molecule has 0 aliphatic heterocycles. The van der Waals surface area contributed by atoms with Gasteiger partial charge in [0.15, 0.2) is 6.20 Å². The Morgan fingerprint density at radius 1 is 1.25 bits per heavy atom. The molecule has 7 nitrogen and oxygen atoms in total. The number of anilines is 1. The lowest BCUT2D eigenvalue weighted by Crippen LogP contribution is -2.38. The summed E-state index contributed by atoms with van der Waals surface area (Å²) < 4.78 is 38.9. The van der Waals surface area contributed by atoms with E-state index >= 15 is 0 Å². The molecule has 1 aromatic carbocycles. The van der Waals surface area contributed by atoms with Gasteiger partial charge in [0.1, 0.15) is 18.5 Å². The van der Waals surface area contributed by atoms with Gasteiger partial charge in [-0.25, -0.2) is 8.42 Å². The molecule has 8 heteroatoms. The molecule has 0 atom stereocenters. The molecule has 0 bridgehead atoms. The topological polar surface area (TPSA) is 94.7 Å². The molecule has 0 aliphatic carbocycles. The molecule has 0 fully saturated rings. The van der Waals surface area contributed by atoms with Gasteiger partial charge in [-0.3, -0.25) is 5.43 Å². The molecule has 1 N–H and O–H groups in total. The standard InChI is InChI=1S/C16H19N3O4S/c1-23-16-8-6-14(7-9-16)18-17-13-15-5-2-3-10-19(15)11-4-12-24(20,21)22/h2-3,5-10,13H,4,11-12H2,1H3,(H,20,21,22). The van der Waals surface area contributed by atoms with Crippen LogP contribution in [0.3, 0.4) is 0 Å². The highest BCUT2D eigenvalue weighted by atomic mass is 32.2. The lowest BCUT2D eigenvalue weighted by atomic mass is 10.3. The predicted molar refractivity (Wildman–Crippen MR) is 90.0 cm³/mol. The number of aryl methyl sites for hydroxylation is 1. The summed E-state index contributed by atoms with van der Waals surface area (Å²) in [4.78, 5) is 0. The molecule has 0 amide bonds. The highest BCUT2D eigenvalue weighted by Crippen LogP contribution is 2.14. The fourth-order valence-corrected chi connectivity index (χ4v) is 2.54. The molecule has 0 radical (unpaired) electrons. The molecule has 0 saturated carbocycles. The van der Waals surface area contributed by atoms with Gasteiger partial charge in [0.05, 0.1) is 22.9 Å². The summed E-state index contributed by atoms with van der Waals surface area (Å²) >= 11 is 0. The zero-order valence-electron chi connectivity index (χ0n) is 13.3. The first kappa shape index (κ1) is 17.9. The summed E-state index contributed by atoms with van der Waals surface area (Å²) in [6.45, 7) is 0.423. The molecule has 24 heavy (non-hydrogen) atoms. The summed E-state index contributed by atoms with van der Waals surface area (Å²) in [5, 5.41) is 4.17. The van der Waals surface area contributed by atoms with Crippen molar-refractivity contribution in [2.75, 3.05) is 18.3 Å². The summed E-state index contributed by atoms with van der Waals surface area (Å²) in [6.07, 6.45) is 3.70. The molecule has 0 saturated heterocycles. The quantitative estimate of drug-likeness (QED) is 0.336. The van der Waals surface area contributed by atoms with Crippen molar-refractivity contribution >= 4 is 22.0 Å². The van der Waals surface area contributed by atoms with E-state index in [9.17, 15) is 13.0 Å². The summed E-state index contributed by atoms with van der Waals surface area (Å²) in [6, 6.07) is 12.9. The van der Waals surface area contributed by atoms with Gasteiger partial charge >= 0.3 is 0 Å². The summed E-state index contributed by atoms with van der Waals surface area (Å²) in [5.74, 6) is 0.383. The number of aromatic nitrogens is 1. The van der Waals surface area contributed by atoms with E-state index in [1.165, 1.54) is 0 Å². The highest BCUT2D eigenvalue weighted by Gasteiger charge is 2.08. The van der Waals surface area contributed by atoms with Crippen molar-refractivity contribution in [3.63, 3.8) is 0 Å². The van der Waals surface area contributed by atoms with Crippen LogP contribution in [0.15, 0.2) is 53.8 Å². The van der Waals surface area contributed by atoms with Crippen LogP contribution < -0.4 is 14.7 Å². The Kier molecular flexibility index (Phi) is 6.28. The van der Waals surface area contributed by atoms with Crippen molar-refractivity contribution in [1.82, 2.24) is 0 Å². The van der Waals surface area contributed by atoms with Crippen LogP contribution in [0.2, 0.25) is 0 Å². The third kappa shape index (κ3) is 5.98. The van der Waals surface area contributed by atoms with Crippen LogP contribution >= 0.6 is 0 Å². The lowest BCUT2D eigenvalue weighted by Gasteiger charge is -2.05. The smallest absolute Gasteiger partial charge is 0.225 e. The average Bonchev–Trinajstić information content (AvgIpc) is 2.56. The van der Waals surface area contributed by atoms with Crippen molar-refractivity contribution in [1.29, 1.82) is 0 Å². The number of hydrogen-bond acceptors (Lipinski definition) is 6. The maximum Gasteiger partial charge on any atom is 0.225 e. The van der Waals surface area contributed by atoms with Crippen molar-refractivity contribution in [3.8, 4) is 5.75 Å². The number of benzene rings is 1. The molecular formula is C16H19N3O4S. The maximum absolute atomic E-state index is 10.7. The predicted octanol–water partition coefficient (Wildman–Crippen LogP) is 1.36. The summed E-state index contributed by atoms with van der Waals surface area (Å²) in [5.41, 5.74) is 4.51. The lowest BCUT2D eigenvalue weighted by molar-refractivity contribution is -0.697. The van der Waals surface area contributed by atoms with E-state index in [1.807, 2.05) is 53.2 Å². The van der Waals surface area contributed by atoms with Crippen LogP contribution in [0, 0.1) is 0 Å². The number of pyridine rings is 1. The first-order valence-corrected chi connectivity index (χ1v) is 8.91. The second-order valence-electron chi connectivity index (χ2n) is 5.03. The molecule has 2 aromatic rings. The van der Waals surface area contributed by atoms with Crippen molar-refractivity contribution in [2.24, 2.45) is 5.10 Å². The Labute approximate surface area is 141 Å². The number of methoxy groups -OCH3 is 1. The third-order valence-electron chi connectivity index (χ3n) is 3.25. The Bertz CT molecular complexity index is 789. The van der Waals surface area contributed by atoms with Gasteiger partial charge in [-0.2, -0.15) is 9.67 Å². The van der Waals surface area contributed by atoms with Crippen LogP contribution in [-0.4, -0.2) is 32.0 Å². The number of rotatable bonds is 8. The van der Waals surface area contributed by atoms with Crippen LogP contribution in [0.25, 0.3) is 0 Å². The number of ether oxygens (including phenoxy) is 1. The average molecular weight is 349 g/mol. The second kappa shape index (κ2) is 8.42. The third-order valence-corrected chi connectivity index (χ3v) is 4.04. The Morgan fingerprint density at radius 3 is 2.67 bits per heavy atom. The van der Waals surface area contributed by atoms with Crippen molar-refractivity contribution in [3.05, 3.63) is 54.4 Å². The van der Waals surface area contributed by atoms with Crippen molar-refractivity contribution < 1.29 is 22.3 Å². The van der Waals surface area contributed by atoms with E-state index in [1.54, 1.807) is 13.3 Å². The zero-order chi connectivity index (χ0) is 17.4. The zero-order valence-corrected chi connectivity index (χ0v) is 14.1. The highest BCUT2D eigenvalue weighted by molar-refractivity contribution is 7.85.